The van der Waals surface area contributed by atoms with Crippen molar-refractivity contribution in [1.29, 1.82) is 4.78 Å². The number of hydrogen-bond acceptors (Lipinski definition) is 5. The predicted octanol–water partition coefficient (Wildman–Crippen LogP) is 5.24. The molecule has 5 rings (SSSR count). The molecule has 0 spiro atoms. The van der Waals surface area contributed by atoms with Crippen molar-refractivity contribution in [2.75, 3.05) is 11.6 Å². The Balaban J connectivity index is 1.48. The summed E-state index contributed by atoms with van der Waals surface area (Å²) in [5, 5.41) is 6.69. The van der Waals surface area contributed by atoms with Crippen molar-refractivity contribution in [2.24, 2.45) is 17.8 Å². The minimum atomic E-state index is -4.77. The van der Waals surface area contributed by atoms with Gasteiger partial charge in [-0.2, -0.15) is 18.3 Å². The highest BCUT2D eigenvalue weighted by Crippen LogP contribution is 2.50. The average Bonchev–Trinajstić information content (AvgIpc) is 3.29. The minimum absolute atomic E-state index is 0.0256. The van der Waals surface area contributed by atoms with E-state index in [1.165, 1.54) is 29.3 Å². The SMILES string of the molecule is CS(=N)(=O)c1cc(NC(=O)c2c(C(F)(F)F)c(C3CC3)nn2CC2CC3CC(F)CC3C2)ccn1. The van der Waals surface area contributed by atoms with Gasteiger partial charge in [-0.05, 0) is 68.4 Å². The fourth-order valence-electron chi connectivity index (χ4n) is 5.72. The highest BCUT2D eigenvalue weighted by Gasteiger charge is 2.47. The van der Waals surface area contributed by atoms with Crippen LogP contribution in [0.5, 0.6) is 0 Å². The van der Waals surface area contributed by atoms with Gasteiger partial charge in [-0.1, -0.05) is 0 Å². The summed E-state index contributed by atoms with van der Waals surface area (Å²) in [6.07, 6.45) is 0.454. The second-order valence-corrected chi connectivity index (χ2v) is 12.3. The van der Waals surface area contributed by atoms with Crippen LogP contribution in [0.2, 0.25) is 0 Å². The number of hydrogen-bond donors (Lipinski definition) is 2. The zero-order valence-electron chi connectivity index (χ0n) is 19.1. The highest BCUT2D eigenvalue weighted by molar-refractivity contribution is 7.91. The second-order valence-electron chi connectivity index (χ2n) is 10.2. The smallest absolute Gasteiger partial charge is 0.320 e. The largest absolute Gasteiger partial charge is 0.420 e. The molecule has 3 unspecified atom stereocenters. The lowest BCUT2D eigenvalue weighted by molar-refractivity contribution is -0.138. The predicted molar refractivity (Wildman–Crippen MR) is 120 cm³/mol. The van der Waals surface area contributed by atoms with Crippen LogP contribution < -0.4 is 5.32 Å². The molecule has 0 bridgehead atoms. The standard InChI is InChI=1S/C23H27F4N5O2S/c1-35(28,34)18-10-17(4-5-29-18)30-22(33)21-19(23(25,26)27)20(13-2-3-13)31-32(21)11-12-6-14-8-16(24)9-15(14)7-12/h4-5,10,12-16,28H,2-3,6-9,11H2,1H3,(H,29,30,33). The molecule has 3 aliphatic carbocycles. The fraction of sp³-hybridized carbons (Fsp3) is 0.609. The second kappa shape index (κ2) is 8.56. The van der Waals surface area contributed by atoms with Gasteiger partial charge in [0.05, 0.1) is 15.4 Å². The zero-order chi connectivity index (χ0) is 25.1. The molecule has 2 aromatic heterocycles. The Hall–Kier alpha value is -2.50. The molecular weight excluding hydrogens is 486 g/mol. The number of pyridine rings is 1. The number of carbonyl (C=O) groups excluding carboxylic acids is 1. The molecule has 3 saturated carbocycles. The van der Waals surface area contributed by atoms with E-state index in [4.69, 9.17) is 4.78 Å². The van der Waals surface area contributed by atoms with Crippen molar-refractivity contribution < 1.29 is 26.6 Å². The van der Waals surface area contributed by atoms with Gasteiger partial charge in [0.25, 0.3) is 5.91 Å². The Kier molecular flexibility index (Phi) is 5.92. The molecule has 2 N–H and O–H groups in total. The Morgan fingerprint density at radius 1 is 1.23 bits per heavy atom. The first-order valence-corrected chi connectivity index (χ1v) is 13.7. The first kappa shape index (κ1) is 24.2. The Morgan fingerprint density at radius 3 is 2.46 bits per heavy atom. The Labute approximate surface area is 200 Å². The third-order valence-electron chi connectivity index (χ3n) is 7.32. The van der Waals surface area contributed by atoms with Gasteiger partial charge in [0.15, 0.2) is 0 Å². The zero-order valence-corrected chi connectivity index (χ0v) is 20.0. The monoisotopic (exact) mass is 513 g/mol. The molecule has 0 radical (unpaired) electrons. The first-order valence-electron chi connectivity index (χ1n) is 11.7. The van der Waals surface area contributed by atoms with Crippen molar-refractivity contribution in [1.82, 2.24) is 14.8 Å². The molecule has 190 valence electrons. The van der Waals surface area contributed by atoms with Crippen LogP contribution in [-0.2, 0) is 22.5 Å². The van der Waals surface area contributed by atoms with Gasteiger partial charge < -0.3 is 5.32 Å². The number of nitrogens with one attached hydrogen (secondary N) is 2. The summed E-state index contributed by atoms with van der Waals surface area (Å²) in [6.45, 7) is 0.166. The molecule has 0 aliphatic heterocycles. The average molecular weight is 514 g/mol. The van der Waals surface area contributed by atoms with Crippen LogP contribution in [0.15, 0.2) is 23.4 Å². The molecule has 12 heteroatoms. The summed E-state index contributed by atoms with van der Waals surface area (Å²) in [6, 6.07) is 2.60. The van der Waals surface area contributed by atoms with Crippen molar-refractivity contribution >= 4 is 21.3 Å². The maximum Gasteiger partial charge on any atom is 0.420 e. The lowest BCUT2D eigenvalue weighted by Gasteiger charge is -2.16. The molecule has 3 fully saturated rings. The van der Waals surface area contributed by atoms with Gasteiger partial charge in [0, 0.05) is 30.6 Å². The molecule has 2 aromatic rings. The summed E-state index contributed by atoms with van der Waals surface area (Å²) >= 11 is 0. The summed E-state index contributed by atoms with van der Waals surface area (Å²) in [4.78, 5) is 17.1. The van der Waals surface area contributed by atoms with Gasteiger partial charge in [0.2, 0.25) is 0 Å². The van der Waals surface area contributed by atoms with Crippen LogP contribution in [-0.4, -0.2) is 37.3 Å². The van der Waals surface area contributed by atoms with E-state index >= 15 is 0 Å². The van der Waals surface area contributed by atoms with Crippen LogP contribution >= 0.6 is 0 Å². The highest BCUT2D eigenvalue weighted by atomic mass is 32.2. The van der Waals surface area contributed by atoms with E-state index in [-0.39, 0.29) is 46.6 Å². The molecule has 2 heterocycles. The van der Waals surface area contributed by atoms with Crippen molar-refractivity contribution in [2.45, 2.75) is 68.4 Å². The normalized spacial score (nSPS) is 28.0. The van der Waals surface area contributed by atoms with Gasteiger partial charge in [-0.15, -0.1) is 0 Å². The molecule has 1 amide bonds. The summed E-state index contributed by atoms with van der Waals surface area (Å²) in [5.41, 5.74) is -1.54. The van der Waals surface area contributed by atoms with Crippen LogP contribution in [0, 0.1) is 22.5 Å². The number of nitrogens with zero attached hydrogens (tertiary/aromatic N) is 3. The fourth-order valence-corrected chi connectivity index (χ4v) is 6.33. The summed E-state index contributed by atoms with van der Waals surface area (Å²) in [7, 11) is -3.18. The molecular formula is C23H27F4N5O2S. The maximum absolute atomic E-state index is 14.2. The topological polar surface area (TPSA) is 101 Å². The number of carbonyl (C=O) groups is 1. The molecule has 35 heavy (non-hydrogen) atoms. The third-order valence-corrected chi connectivity index (χ3v) is 8.34. The van der Waals surface area contributed by atoms with E-state index in [0.717, 1.165) is 0 Å². The van der Waals surface area contributed by atoms with E-state index in [9.17, 15) is 26.6 Å². The number of fused-ring (bicyclic) bond motifs is 1. The molecule has 3 atom stereocenters. The number of aromatic nitrogens is 3. The number of amides is 1. The van der Waals surface area contributed by atoms with E-state index in [1.54, 1.807) is 0 Å². The van der Waals surface area contributed by atoms with Crippen LogP contribution in [0.25, 0.3) is 0 Å². The van der Waals surface area contributed by atoms with Crippen LogP contribution in [0.4, 0.5) is 23.2 Å². The van der Waals surface area contributed by atoms with Gasteiger partial charge in [-0.3, -0.25) is 9.48 Å². The minimum Gasteiger partial charge on any atom is -0.320 e. The van der Waals surface area contributed by atoms with Gasteiger partial charge in [0.1, 0.15) is 22.5 Å². The third kappa shape index (κ3) is 4.94. The van der Waals surface area contributed by atoms with Gasteiger partial charge in [-0.25, -0.2) is 18.4 Å². The van der Waals surface area contributed by atoms with Crippen molar-refractivity contribution in [3.05, 3.63) is 35.3 Å². The molecule has 0 saturated heterocycles. The van der Waals surface area contributed by atoms with E-state index in [0.29, 0.717) is 38.5 Å². The summed E-state index contributed by atoms with van der Waals surface area (Å²) < 4.78 is 77.3. The van der Waals surface area contributed by atoms with Gasteiger partial charge >= 0.3 is 6.18 Å². The Morgan fingerprint density at radius 2 is 1.89 bits per heavy atom. The lowest BCUT2D eigenvalue weighted by atomic mass is 10.0. The van der Waals surface area contributed by atoms with E-state index < -0.39 is 39.2 Å². The van der Waals surface area contributed by atoms with Crippen molar-refractivity contribution in [3.63, 3.8) is 0 Å². The van der Waals surface area contributed by atoms with E-state index in [1.807, 2.05) is 0 Å². The quantitative estimate of drug-likeness (QED) is 0.516. The number of halogens is 4. The lowest BCUT2D eigenvalue weighted by Crippen LogP contribution is -2.24. The maximum atomic E-state index is 14.2. The van der Waals surface area contributed by atoms with E-state index in [2.05, 4.69) is 15.4 Å². The number of alkyl halides is 4. The first-order chi connectivity index (χ1) is 16.4. The van der Waals surface area contributed by atoms with Crippen molar-refractivity contribution in [3.8, 4) is 0 Å². The summed E-state index contributed by atoms with van der Waals surface area (Å²) in [5.74, 6) is -0.801. The molecule has 0 aromatic carbocycles. The number of rotatable bonds is 6. The Bertz CT molecular complexity index is 1240. The molecule has 7 nitrogen and oxygen atoms in total. The number of anilines is 1. The molecule has 3 aliphatic rings. The van der Waals surface area contributed by atoms with Crippen LogP contribution in [0.1, 0.15) is 66.2 Å². The van der Waals surface area contributed by atoms with Crippen LogP contribution in [0.3, 0.4) is 0 Å².